The van der Waals surface area contributed by atoms with Gasteiger partial charge in [0.1, 0.15) is 10.1 Å². The van der Waals surface area contributed by atoms with Crippen LogP contribution in [0, 0.1) is 0 Å². The molecule has 102 valence electrons. The molecule has 0 saturated heterocycles. The molecule has 0 atom stereocenters. The van der Waals surface area contributed by atoms with Crippen molar-refractivity contribution in [2.45, 2.75) is 43.4 Å². The molecule has 0 aromatic heterocycles. The van der Waals surface area contributed by atoms with Crippen LogP contribution < -0.4 is 35.3 Å². The van der Waals surface area contributed by atoms with Gasteiger partial charge in [0, 0.05) is 0 Å². The number of rotatable bonds is 8. The molecular formula is C13H20NNaO3S. The monoisotopic (exact) mass is 293 g/mol. The summed E-state index contributed by atoms with van der Waals surface area (Å²) >= 11 is 0. The maximum atomic E-state index is 10.7. The van der Waals surface area contributed by atoms with E-state index in [0.29, 0.717) is 0 Å². The van der Waals surface area contributed by atoms with Crippen LogP contribution in [0.1, 0.15) is 37.7 Å². The van der Waals surface area contributed by atoms with E-state index >= 15 is 0 Å². The molecule has 0 heterocycles. The Morgan fingerprint density at radius 3 is 2.00 bits per heavy atom. The van der Waals surface area contributed by atoms with Gasteiger partial charge >= 0.3 is 29.6 Å². The van der Waals surface area contributed by atoms with Crippen LogP contribution in [0.15, 0.2) is 29.2 Å². The molecule has 0 fully saturated rings. The van der Waals surface area contributed by atoms with Gasteiger partial charge < -0.3 is 10.3 Å². The molecule has 0 amide bonds. The van der Waals surface area contributed by atoms with E-state index in [-0.39, 0.29) is 34.5 Å². The van der Waals surface area contributed by atoms with Crippen molar-refractivity contribution in [2.75, 3.05) is 6.54 Å². The number of nitrogens with two attached hydrogens (primary N) is 1. The molecule has 0 aliphatic carbocycles. The van der Waals surface area contributed by atoms with Crippen LogP contribution in [0.5, 0.6) is 0 Å². The number of unbranched alkanes of at least 4 members (excludes halogenated alkanes) is 4. The maximum Gasteiger partial charge on any atom is 1.00 e. The minimum Gasteiger partial charge on any atom is -0.744 e. The summed E-state index contributed by atoms with van der Waals surface area (Å²) in [4.78, 5) is -0.158. The van der Waals surface area contributed by atoms with Crippen LogP contribution in [0.25, 0.3) is 0 Å². The predicted molar refractivity (Wildman–Crippen MR) is 70.2 cm³/mol. The Bertz CT molecular complexity index is 445. The molecule has 19 heavy (non-hydrogen) atoms. The van der Waals surface area contributed by atoms with Gasteiger partial charge in [0.25, 0.3) is 0 Å². The quantitative estimate of drug-likeness (QED) is 0.380. The first-order chi connectivity index (χ1) is 8.54. The number of hydrogen-bond donors (Lipinski definition) is 1. The molecule has 0 aliphatic rings. The van der Waals surface area contributed by atoms with Crippen molar-refractivity contribution in [3.63, 3.8) is 0 Å². The first-order valence-electron chi connectivity index (χ1n) is 6.29. The fourth-order valence-corrected chi connectivity index (χ4v) is 2.30. The van der Waals surface area contributed by atoms with Gasteiger partial charge in [-0.05, 0) is 43.5 Å². The topological polar surface area (TPSA) is 83.2 Å². The zero-order chi connectivity index (χ0) is 13.4. The van der Waals surface area contributed by atoms with E-state index in [9.17, 15) is 13.0 Å². The number of aryl methyl sites for hydroxylation is 1. The van der Waals surface area contributed by atoms with Crippen LogP contribution in [0.3, 0.4) is 0 Å². The summed E-state index contributed by atoms with van der Waals surface area (Å²) in [5.74, 6) is 0. The standard InChI is InChI=1S/C13H21NO3S.Na/c14-11-5-3-1-2-4-6-12-7-9-13(10-8-12)18(15,16)17;/h7-10H,1-6,11,14H2,(H,15,16,17);/q;+1/p-1. The van der Waals surface area contributed by atoms with Gasteiger partial charge in [-0.3, -0.25) is 0 Å². The van der Waals surface area contributed by atoms with E-state index in [4.69, 9.17) is 5.73 Å². The Morgan fingerprint density at radius 1 is 0.947 bits per heavy atom. The van der Waals surface area contributed by atoms with Crippen LogP contribution in [-0.4, -0.2) is 19.5 Å². The smallest absolute Gasteiger partial charge is 0.744 e. The zero-order valence-corrected chi connectivity index (χ0v) is 14.3. The molecule has 0 spiro atoms. The minimum absolute atomic E-state index is 0. The van der Waals surface area contributed by atoms with Gasteiger partial charge in [0.15, 0.2) is 0 Å². The summed E-state index contributed by atoms with van der Waals surface area (Å²) < 4.78 is 32.2. The average molecular weight is 293 g/mol. The number of hydrogen-bond acceptors (Lipinski definition) is 4. The third-order valence-electron chi connectivity index (χ3n) is 2.88. The van der Waals surface area contributed by atoms with Crippen molar-refractivity contribution in [1.82, 2.24) is 0 Å². The molecule has 2 N–H and O–H groups in total. The predicted octanol–water partition coefficient (Wildman–Crippen LogP) is -0.954. The van der Waals surface area contributed by atoms with Gasteiger partial charge in [0.05, 0.1) is 4.90 Å². The summed E-state index contributed by atoms with van der Waals surface area (Å²) in [7, 11) is -4.32. The molecule has 0 saturated carbocycles. The SMILES string of the molecule is NCCCCCCCc1ccc(S(=O)(=O)[O-])cc1.[Na+]. The molecular weight excluding hydrogens is 273 g/mol. The minimum atomic E-state index is -4.32. The van der Waals surface area contributed by atoms with E-state index in [2.05, 4.69) is 0 Å². The van der Waals surface area contributed by atoms with Crippen LogP contribution in [0.4, 0.5) is 0 Å². The number of benzene rings is 1. The summed E-state index contributed by atoms with van der Waals surface area (Å²) in [5, 5.41) is 0. The van der Waals surface area contributed by atoms with Crippen molar-refractivity contribution >= 4 is 10.1 Å². The molecule has 0 unspecified atom stereocenters. The fraction of sp³-hybridized carbons (Fsp3) is 0.538. The second kappa shape index (κ2) is 9.91. The normalized spacial score (nSPS) is 11.1. The van der Waals surface area contributed by atoms with Crippen LogP contribution in [-0.2, 0) is 16.5 Å². The first-order valence-corrected chi connectivity index (χ1v) is 7.70. The van der Waals surface area contributed by atoms with E-state index in [1.165, 1.54) is 25.0 Å². The molecule has 0 radical (unpaired) electrons. The van der Waals surface area contributed by atoms with Crippen molar-refractivity contribution in [3.8, 4) is 0 Å². The molecule has 4 nitrogen and oxygen atoms in total. The van der Waals surface area contributed by atoms with Crippen molar-refractivity contribution in [1.29, 1.82) is 0 Å². The van der Waals surface area contributed by atoms with E-state index in [0.717, 1.165) is 37.8 Å². The summed E-state index contributed by atoms with van der Waals surface area (Å²) in [6.07, 6.45) is 6.58. The summed E-state index contributed by atoms with van der Waals surface area (Å²) in [6.45, 7) is 0.755. The van der Waals surface area contributed by atoms with Crippen molar-refractivity contribution in [3.05, 3.63) is 29.8 Å². The third-order valence-corrected chi connectivity index (χ3v) is 3.73. The van der Waals surface area contributed by atoms with Gasteiger partial charge in [-0.15, -0.1) is 0 Å². The summed E-state index contributed by atoms with van der Waals surface area (Å²) in [6, 6.07) is 6.19. The van der Waals surface area contributed by atoms with Crippen LogP contribution >= 0.6 is 0 Å². The summed E-state index contributed by atoms with van der Waals surface area (Å²) in [5.41, 5.74) is 6.48. The molecule has 0 bridgehead atoms. The van der Waals surface area contributed by atoms with Crippen molar-refractivity contribution < 1.29 is 42.5 Å². The average Bonchev–Trinajstić information content (AvgIpc) is 2.33. The molecule has 1 aromatic rings. The largest absolute Gasteiger partial charge is 1.00 e. The Morgan fingerprint density at radius 2 is 1.47 bits per heavy atom. The van der Waals surface area contributed by atoms with E-state index < -0.39 is 10.1 Å². The Hall–Kier alpha value is 0.0900. The van der Waals surface area contributed by atoms with Gasteiger partial charge in [-0.2, -0.15) is 0 Å². The second-order valence-corrected chi connectivity index (χ2v) is 5.78. The fourth-order valence-electron chi connectivity index (χ4n) is 1.83. The van der Waals surface area contributed by atoms with Gasteiger partial charge in [-0.1, -0.05) is 31.4 Å². The molecule has 1 aromatic carbocycles. The third kappa shape index (κ3) is 8.07. The zero-order valence-electron chi connectivity index (χ0n) is 11.5. The van der Waals surface area contributed by atoms with Gasteiger partial charge in [0.2, 0.25) is 0 Å². The Balaban J connectivity index is 0.00000324. The molecule has 0 aliphatic heterocycles. The van der Waals surface area contributed by atoms with Gasteiger partial charge in [-0.25, -0.2) is 8.42 Å². The van der Waals surface area contributed by atoms with Crippen molar-refractivity contribution in [2.24, 2.45) is 5.73 Å². The molecule has 1 rings (SSSR count). The van der Waals surface area contributed by atoms with Crippen LogP contribution in [0.2, 0.25) is 0 Å². The van der Waals surface area contributed by atoms with E-state index in [1.54, 1.807) is 12.1 Å². The molecule has 6 heteroatoms. The maximum absolute atomic E-state index is 10.7. The Labute approximate surface area is 137 Å². The Kier molecular flexibility index (Phi) is 9.96. The first kappa shape index (κ1) is 19.1. The van der Waals surface area contributed by atoms with E-state index in [1.807, 2.05) is 0 Å². The second-order valence-electron chi connectivity index (χ2n) is 4.40.